The number of piperazine rings is 1. The molecule has 2 aromatic heterocycles. The predicted molar refractivity (Wildman–Crippen MR) is 140 cm³/mol. The quantitative estimate of drug-likeness (QED) is 0.659. The van der Waals surface area contributed by atoms with Gasteiger partial charge in [-0.05, 0) is 31.7 Å². The van der Waals surface area contributed by atoms with Crippen molar-refractivity contribution in [2.45, 2.75) is 44.7 Å². The molecule has 0 saturated carbocycles. The van der Waals surface area contributed by atoms with Gasteiger partial charge in [0.15, 0.2) is 0 Å². The van der Waals surface area contributed by atoms with Crippen LogP contribution in [0.3, 0.4) is 0 Å². The van der Waals surface area contributed by atoms with Crippen LogP contribution in [0.2, 0.25) is 5.02 Å². The molecule has 4 heterocycles. The number of amides is 1. The molecule has 36 heavy (non-hydrogen) atoms. The molecule has 0 radical (unpaired) electrons. The predicted octanol–water partition coefficient (Wildman–Crippen LogP) is 4.04. The first-order chi connectivity index (χ1) is 17.6. The largest absolute Gasteiger partial charge is 0.353 e. The number of anilines is 1. The third-order valence-electron chi connectivity index (χ3n) is 7.63. The zero-order chi connectivity index (χ0) is 25.1. The highest BCUT2D eigenvalue weighted by Gasteiger charge is 2.35. The lowest BCUT2D eigenvalue weighted by Crippen LogP contribution is -2.58. The number of imidazole rings is 1. The minimum Gasteiger partial charge on any atom is -0.353 e. The highest BCUT2D eigenvalue weighted by Crippen LogP contribution is 2.31. The lowest BCUT2D eigenvalue weighted by molar-refractivity contribution is -0.128. The van der Waals surface area contributed by atoms with Gasteiger partial charge in [-0.2, -0.15) is 5.26 Å². The number of carbonyl (C=O) groups is 1. The number of rotatable bonds is 5. The van der Waals surface area contributed by atoms with Crippen molar-refractivity contribution >= 4 is 23.3 Å². The standard InChI is InChI=1S/C27H32ClN7O/c1-2-22-18-34(26-24(28)15-21(17-32-26)25-30-9-10-31-25)13-14-35(22)23-7-11-33(12-8-23)27(36)20-5-3-19(16-29)4-6-20/h3,5-6,9-10,15,17,19,22-23H,2,4,7-8,11-14,18H2,1H3,(H,30,31)/t19?,22-/m0/s1. The summed E-state index contributed by atoms with van der Waals surface area (Å²) < 4.78 is 0. The molecule has 1 N–H and O–H groups in total. The second-order valence-corrected chi connectivity index (χ2v) is 10.1. The van der Waals surface area contributed by atoms with E-state index in [0.29, 0.717) is 23.5 Å². The topological polar surface area (TPSA) is 92.2 Å². The highest BCUT2D eigenvalue weighted by atomic mass is 35.5. The van der Waals surface area contributed by atoms with Crippen LogP contribution in [0.25, 0.3) is 11.4 Å². The number of hydrogen-bond acceptors (Lipinski definition) is 6. The number of nitrogens with zero attached hydrogens (tertiary/aromatic N) is 6. The summed E-state index contributed by atoms with van der Waals surface area (Å²) in [6.45, 7) is 6.51. The van der Waals surface area contributed by atoms with E-state index in [-0.39, 0.29) is 11.8 Å². The smallest absolute Gasteiger partial charge is 0.253 e. The van der Waals surface area contributed by atoms with Gasteiger partial charge in [-0.15, -0.1) is 0 Å². The second kappa shape index (κ2) is 10.9. The Kier molecular flexibility index (Phi) is 7.40. The van der Waals surface area contributed by atoms with Crippen molar-refractivity contribution in [3.8, 4) is 17.5 Å². The number of piperidine rings is 1. The number of hydrogen-bond donors (Lipinski definition) is 1. The average Bonchev–Trinajstić information content (AvgIpc) is 3.48. The molecule has 0 bridgehead atoms. The monoisotopic (exact) mass is 505 g/mol. The molecular weight excluding hydrogens is 474 g/mol. The Labute approximate surface area is 217 Å². The van der Waals surface area contributed by atoms with E-state index in [1.165, 1.54) is 0 Å². The first-order valence-electron chi connectivity index (χ1n) is 12.8. The Morgan fingerprint density at radius 3 is 2.72 bits per heavy atom. The lowest BCUT2D eigenvalue weighted by Gasteiger charge is -2.47. The van der Waals surface area contributed by atoms with E-state index in [9.17, 15) is 4.79 Å². The zero-order valence-electron chi connectivity index (χ0n) is 20.6. The Bertz CT molecular complexity index is 1180. The van der Waals surface area contributed by atoms with Gasteiger partial charge in [0, 0.05) is 74.5 Å². The maximum atomic E-state index is 13.0. The fourth-order valence-corrected chi connectivity index (χ4v) is 5.87. The van der Waals surface area contributed by atoms with Gasteiger partial charge in [0.1, 0.15) is 11.6 Å². The van der Waals surface area contributed by atoms with E-state index in [1.54, 1.807) is 12.4 Å². The van der Waals surface area contributed by atoms with Gasteiger partial charge in [-0.1, -0.05) is 36.8 Å². The van der Waals surface area contributed by atoms with Gasteiger partial charge in [0.2, 0.25) is 0 Å². The number of halogens is 1. The lowest BCUT2D eigenvalue weighted by atomic mass is 9.95. The summed E-state index contributed by atoms with van der Waals surface area (Å²) >= 11 is 6.66. The number of likely N-dealkylation sites (tertiary alicyclic amines) is 1. The highest BCUT2D eigenvalue weighted by molar-refractivity contribution is 6.33. The SMILES string of the molecule is CC[C@H]1CN(c2ncc(-c3ncc[nH]3)cc2Cl)CCN1C1CCN(C(=O)C2=CCC(C#N)C=C2)CC1. The molecule has 2 atom stereocenters. The Hall–Kier alpha value is -3.15. The van der Waals surface area contributed by atoms with Gasteiger partial charge in [-0.3, -0.25) is 9.69 Å². The Morgan fingerprint density at radius 2 is 2.08 bits per heavy atom. The fourth-order valence-electron chi connectivity index (χ4n) is 5.58. The molecular formula is C27H32ClN7O. The van der Waals surface area contributed by atoms with Crippen LogP contribution in [0.4, 0.5) is 5.82 Å². The number of aromatic amines is 1. The first-order valence-corrected chi connectivity index (χ1v) is 13.2. The molecule has 9 heteroatoms. The van der Waals surface area contributed by atoms with Crippen LogP contribution in [-0.2, 0) is 4.79 Å². The normalized spacial score (nSPS) is 23.4. The molecule has 1 amide bonds. The molecule has 1 unspecified atom stereocenters. The summed E-state index contributed by atoms with van der Waals surface area (Å²) in [6.07, 6.45) is 14.6. The summed E-state index contributed by atoms with van der Waals surface area (Å²) in [5, 5.41) is 9.70. The number of H-pyrrole nitrogens is 1. The Balaban J connectivity index is 1.18. The van der Waals surface area contributed by atoms with Crippen molar-refractivity contribution in [1.29, 1.82) is 5.26 Å². The maximum Gasteiger partial charge on any atom is 0.253 e. The van der Waals surface area contributed by atoms with Crippen LogP contribution in [0.1, 0.15) is 32.6 Å². The molecule has 188 valence electrons. The number of aromatic nitrogens is 3. The van der Waals surface area contributed by atoms with Crippen LogP contribution in [0.5, 0.6) is 0 Å². The number of pyridine rings is 1. The van der Waals surface area contributed by atoms with Crippen molar-refractivity contribution in [3.05, 3.63) is 53.5 Å². The van der Waals surface area contributed by atoms with E-state index in [1.807, 2.05) is 35.4 Å². The fraction of sp³-hybridized carbons (Fsp3) is 0.481. The minimum absolute atomic E-state index is 0.0941. The third kappa shape index (κ3) is 5.04. The first kappa shape index (κ1) is 24.5. The summed E-state index contributed by atoms with van der Waals surface area (Å²) in [5.41, 5.74) is 1.60. The van der Waals surface area contributed by atoms with Crippen molar-refractivity contribution < 1.29 is 4.79 Å². The van der Waals surface area contributed by atoms with Crippen LogP contribution < -0.4 is 4.90 Å². The zero-order valence-corrected chi connectivity index (χ0v) is 21.4. The van der Waals surface area contributed by atoms with Crippen molar-refractivity contribution in [2.75, 3.05) is 37.6 Å². The summed E-state index contributed by atoms with van der Waals surface area (Å²) in [6, 6.07) is 5.06. The molecule has 8 nitrogen and oxygen atoms in total. The molecule has 2 fully saturated rings. The Morgan fingerprint density at radius 1 is 1.25 bits per heavy atom. The summed E-state index contributed by atoms with van der Waals surface area (Å²) in [4.78, 5) is 32.0. The van der Waals surface area contributed by atoms with Crippen LogP contribution in [-0.4, -0.2) is 75.5 Å². The van der Waals surface area contributed by atoms with E-state index in [4.69, 9.17) is 21.8 Å². The molecule has 5 rings (SSSR count). The van der Waals surface area contributed by atoms with Gasteiger partial charge in [0.05, 0.1) is 17.0 Å². The number of allylic oxidation sites excluding steroid dienone is 2. The van der Waals surface area contributed by atoms with Crippen molar-refractivity contribution in [1.82, 2.24) is 24.8 Å². The molecule has 2 saturated heterocycles. The van der Waals surface area contributed by atoms with Gasteiger partial charge < -0.3 is 14.8 Å². The maximum absolute atomic E-state index is 13.0. The molecule has 2 aliphatic heterocycles. The van der Waals surface area contributed by atoms with E-state index in [0.717, 1.165) is 74.8 Å². The summed E-state index contributed by atoms with van der Waals surface area (Å²) in [5.74, 6) is 1.57. The molecule has 0 spiro atoms. The van der Waals surface area contributed by atoms with E-state index >= 15 is 0 Å². The molecule has 3 aliphatic rings. The van der Waals surface area contributed by atoms with Crippen LogP contribution in [0.15, 0.2) is 48.5 Å². The van der Waals surface area contributed by atoms with Crippen molar-refractivity contribution in [2.24, 2.45) is 5.92 Å². The van der Waals surface area contributed by atoms with Crippen LogP contribution >= 0.6 is 11.6 Å². The third-order valence-corrected chi connectivity index (χ3v) is 7.90. The average molecular weight is 506 g/mol. The minimum atomic E-state index is -0.115. The van der Waals surface area contributed by atoms with Crippen LogP contribution in [0, 0.1) is 17.2 Å². The molecule has 1 aliphatic carbocycles. The number of nitrogens with one attached hydrogen (secondary N) is 1. The van der Waals surface area contributed by atoms with E-state index in [2.05, 4.69) is 32.8 Å². The number of nitriles is 1. The van der Waals surface area contributed by atoms with Gasteiger partial charge >= 0.3 is 0 Å². The van der Waals surface area contributed by atoms with Gasteiger partial charge in [0.25, 0.3) is 5.91 Å². The van der Waals surface area contributed by atoms with Gasteiger partial charge in [-0.25, -0.2) is 9.97 Å². The summed E-state index contributed by atoms with van der Waals surface area (Å²) in [7, 11) is 0. The van der Waals surface area contributed by atoms with E-state index < -0.39 is 0 Å². The molecule has 2 aromatic rings. The van der Waals surface area contributed by atoms with Crippen molar-refractivity contribution in [3.63, 3.8) is 0 Å². The second-order valence-electron chi connectivity index (χ2n) is 9.73. The molecule has 0 aromatic carbocycles. The number of carbonyl (C=O) groups excluding carboxylic acids is 1.